The number of hydrogen-bond donors (Lipinski definition) is 2. The normalized spacial score (nSPS) is 33.9. The molecule has 1 aromatic carbocycles. The van der Waals surface area contributed by atoms with Crippen LogP contribution in [-0.4, -0.2) is 69.6 Å². The van der Waals surface area contributed by atoms with Crippen LogP contribution in [0.3, 0.4) is 0 Å². The van der Waals surface area contributed by atoms with E-state index in [1.807, 2.05) is 32.0 Å². The van der Waals surface area contributed by atoms with E-state index in [2.05, 4.69) is 21.2 Å². The molecule has 3 aliphatic rings. The Morgan fingerprint density at radius 2 is 2.03 bits per heavy atom. The van der Waals surface area contributed by atoms with Gasteiger partial charge in [-0.3, -0.25) is 14.4 Å². The highest BCUT2D eigenvalue weighted by molar-refractivity contribution is 9.09. The maximum Gasteiger partial charge on any atom is 0.312 e. The van der Waals surface area contributed by atoms with E-state index in [-0.39, 0.29) is 29.9 Å². The fourth-order valence-corrected chi connectivity index (χ4v) is 6.58. The quantitative estimate of drug-likeness (QED) is 0.449. The Labute approximate surface area is 195 Å². The number of ether oxygens (including phenoxy) is 2. The van der Waals surface area contributed by atoms with Crippen molar-refractivity contribution in [3.8, 4) is 0 Å². The Morgan fingerprint density at radius 1 is 1.38 bits per heavy atom. The molecular formula is C23H29BrN2O6. The standard InChI is InChI=1S/C23H29BrN2O6/c1-5-31-22(30)15-16-21(29)26(13(4)10-27)19(23(16)9-14(24)18(15)32-23)20(28)25-17-11(2)7-6-8-12(17)3/h6-8,13-16,18-19,27H,5,9-10H2,1-4H3,(H,25,28)/t13-,14?,15+,16+,18+,19?,23?/m1/s1. The number of carbonyl (C=O) groups excluding carboxylic acids is 3. The molecule has 7 atom stereocenters. The first-order valence-corrected chi connectivity index (χ1v) is 11.9. The second-order valence-corrected chi connectivity index (χ2v) is 10.1. The number of para-hydroxylation sites is 1. The summed E-state index contributed by atoms with van der Waals surface area (Å²) in [6, 6.07) is 4.12. The minimum atomic E-state index is -1.17. The second-order valence-electron chi connectivity index (χ2n) is 8.95. The van der Waals surface area contributed by atoms with Crippen LogP contribution in [0, 0.1) is 25.7 Å². The van der Waals surface area contributed by atoms with E-state index in [4.69, 9.17) is 9.47 Å². The van der Waals surface area contributed by atoms with Gasteiger partial charge in [-0.25, -0.2) is 0 Å². The van der Waals surface area contributed by atoms with Gasteiger partial charge >= 0.3 is 5.97 Å². The first-order valence-electron chi connectivity index (χ1n) is 11.0. The number of carbonyl (C=O) groups is 3. The van der Waals surface area contributed by atoms with Crippen LogP contribution in [0.15, 0.2) is 18.2 Å². The lowest BCUT2D eigenvalue weighted by atomic mass is 9.70. The number of aliphatic hydroxyl groups is 1. The summed E-state index contributed by atoms with van der Waals surface area (Å²) in [4.78, 5) is 41.4. The number of likely N-dealkylation sites (tertiary alicyclic amines) is 1. The Balaban J connectivity index is 1.77. The second kappa shape index (κ2) is 8.43. The largest absolute Gasteiger partial charge is 0.466 e. The summed E-state index contributed by atoms with van der Waals surface area (Å²) in [5.41, 5.74) is 1.32. The van der Waals surface area contributed by atoms with Gasteiger partial charge in [0.25, 0.3) is 0 Å². The third kappa shape index (κ3) is 3.28. The van der Waals surface area contributed by atoms with Crippen LogP contribution in [0.1, 0.15) is 31.4 Å². The van der Waals surface area contributed by atoms with Crippen LogP contribution in [-0.2, 0) is 23.9 Å². The molecule has 2 bridgehead atoms. The molecule has 3 fully saturated rings. The molecule has 1 spiro atoms. The average Bonchev–Trinajstić information content (AvgIpc) is 3.33. The molecule has 0 saturated carbocycles. The van der Waals surface area contributed by atoms with Crippen molar-refractivity contribution in [2.45, 2.75) is 62.7 Å². The third-order valence-electron chi connectivity index (χ3n) is 7.00. The molecule has 3 heterocycles. The lowest BCUT2D eigenvalue weighted by Crippen LogP contribution is -2.56. The van der Waals surface area contributed by atoms with Crippen molar-refractivity contribution in [3.63, 3.8) is 0 Å². The molecule has 4 rings (SSSR count). The van der Waals surface area contributed by atoms with Crippen molar-refractivity contribution in [2.24, 2.45) is 11.8 Å². The van der Waals surface area contributed by atoms with E-state index in [1.54, 1.807) is 13.8 Å². The zero-order valence-corrected chi connectivity index (χ0v) is 20.2. The van der Waals surface area contributed by atoms with Crippen LogP contribution < -0.4 is 5.32 Å². The highest BCUT2D eigenvalue weighted by atomic mass is 79.9. The Kier molecular flexibility index (Phi) is 6.11. The number of anilines is 1. The molecule has 174 valence electrons. The molecule has 8 nitrogen and oxygen atoms in total. The van der Waals surface area contributed by atoms with Crippen molar-refractivity contribution in [1.82, 2.24) is 4.90 Å². The Morgan fingerprint density at radius 3 is 2.62 bits per heavy atom. The van der Waals surface area contributed by atoms with Crippen molar-refractivity contribution in [3.05, 3.63) is 29.3 Å². The van der Waals surface area contributed by atoms with Crippen LogP contribution in [0.5, 0.6) is 0 Å². The van der Waals surface area contributed by atoms with E-state index in [0.717, 1.165) is 11.1 Å². The van der Waals surface area contributed by atoms with Crippen LogP contribution in [0.25, 0.3) is 0 Å². The average molecular weight is 509 g/mol. The molecule has 1 aromatic rings. The summed E-state index contributed by atoms with van der Waals surface area (Å²) in [6.45, 7) is 7.08. The van der Waals surface area contributed by atoms with Crippen molar-refractivity contribution >= 4 is 39.4 Å². The number of rotatable bonds is 6. The number of fused-ring (bicyclic) bond motifs is 1. The van der Waals surface area contributed by atoms with E-state index >= 15 is 0 Å². The maximum atomic E-state index is 13.7. The molecule has 2 N–H and O–H groups in total. The number of benzene rings is 1. The van der Waals surface area contributed by atoms with E-state index in [9.17, 15) is 19.5 Å². The van der Waals surface area contributed by atoms with Gasteiger partial charge in [-0.2, -0.15) is 0 Å². The smallest absolute Gasteiger partial charge is 0.312 e. The summed E-state index contributed by atoms with van der Waals surface area (Å²) in [5.74, 6) is -2.86. The van der Waals surface area contributed by atoms with Crippen LogP contribution in [0.4, 0.5) is 5.69 Å². The van der Waals surface area contributed by atoms with Crippen LogP contribution in [0.2, 0.25) is 0 Å². The predicted molar refractivity (Wildman–Crippen MR) is 120 cm³/mol. The minimum absolute atomic E-state index is 0.191. The molecule has 2 amide bonds. The summed E-state index contributed by atoms with van der Waals surface area (Å²) < 4.78 is 11.6. The van der Waals surface area contributed by atoms with Gasteiger partial charge in [0.1, 0.15) is 11.6 Å². The van der Waals surface area contributed by atoms with Crippen LogP contribution >= 0.6 is 15.9 Å². The molecule has 32 heavy (non-hydrogen) atoms. The number of alkyl halides is 1. The topological polar surface area (TPSA) is 105 Å². The highest BCUT2D eigenvalue weighted by Gasteiger charge is 2.77. The highest BCUT2D eigenvalue weighted by Crippen LogP contribution is 2.60. The third-order valence-corrected chi connectivity index (χ3v) is 7.85. The fraction of sp³-hybridized carbons (Fsp3) is 0.609. The predicted octanol–water partition coefficient (Wildman–Crippen LogP) is 1.93. The lowest BCUT2D eigenvalue weighted by molar-refractivity contribution is -0.155. The van der Waals surface area contributed by atoms with Gasteiger partial charge in [0, 0.05) is 10.5 Å². The summed E-state index contributed by atoms with van der Waals surface area (Å²) in [6.07, 6.45) is -0.145. The molecule has 3 aliphatic heterocycles. The SMILES string of the molecule is CCOC(=O)[C@H]1[C@H]2C(=O)N([C@H](C)CO)C(C(=O)Nc3c(C)cccc3C)C23CC(Br)[C@@H]1O3. The number of aliphatic hydroxyl groups excluding tert-OH is 1. The van der Waals surface area contributed by atoms with Crippen molar-refractivity contribution < 1.29 is 29.0 Å². The summed E-state index contributed by atoms with van der Waals surface area (Å²) in [5, 5.41) is 12.9. The number of halogens is 1. The van der Waals surface area contributed by atoms with Gasteiger partial charge in [0.05, 0.1) is 37.2 Å². The first-order chi connectivity index (χ1) is 15.2. The Hall–Kier alpha value is -1.97. The molecule has 9 heteroatoms. The molecule has 0 radical (unpaired) electrons. The van der Waals surface area contributed by atoms with Gasteiger partial charge in [-0.1, -0.05) is 34.1 Å². The molecule has 0 aliphatic carbocycles. The number of esters is 1. The fourth-order valence-electron chi connectivity index (χ4n) is 5.64. The van der Waals surface area contributed by atoms with E-state index in [0.29, 0.717) is 12.1 Å². The zero-order chi connectivity index (χ0) is 23.4. The molecule has 3 unspecified atom stereocenters. The van der Waals surface area contributed by atoms with E-state index < -0.39 is 41.6 Å². The molecule has 0 aromatic heterocycles. The van der Waals surface area contributed by atoms with E-state index in [1.165, 1.54) is 4.90 Å². The molecule has 3 saturated heterocycles. The van der Waals surface area contributed by atoms with Gasteiger partial charge in [-0.15, -0.1) is 0 Å². The zero-order valence-electron chi connectivity index (χ0n) is 18.6. The summed E-state index contributed by atoms with van der Waals surface area (Å²) >= 11 is 3.60. The summed E-state index contributed by atoms with van der Waals surface area (Å²) in [7, 11) is 0. The van der Waals surface area contributed by atoms with Crippen molar-refractivity contribution in [1.29, 1.82) is 0 Å². The maximum absolute atomic E-state index is 13.7. The van der Waals surface area contributed by atoms with Gasteiger partial charge in [0.15, 0.2) is 0 Å². The van der Waals surface area contributed by atoms with Crippen molar-refractivity contribution in [2.75, 3.05) is 18.5 Å². The van der Waals surface area contributed by atoms with Gasteiger partial charge in [0.2, 0.25) is 11.8 Å². The van der Waals surface area contributed by atoms with Gasteiger partial charge < -0.3 is 24.8 Å². The number of nitrogens with zero attached hydrogens (tertiary/aromatic N) is 1. The number of nitrogens with one attached hydrogen (secondary N) is 1. The molecular weight excluding hydrogens is 480 g/mol. The number of hydrogen-bond acceptors (Lipinski definition) is 6. The van der Waals surface area contributed by atoms with Gasteiger partial charge in [-0.05, 0) is 45.2 Å². The first kappa shape index (κ1) is 23.2. The number of aryl methyl sites for hydroxylation is 2. The number of amides is 2. The minimum Gasteiger partial charge on any atom is -0.466 e. The Bertz CT molecular complexity index is 934. The lowest BCUT2D eigenvalue weighted by Gasteiger charge is -2.36. The monoisotopic (exact) mass is 508 g/mol.